The van der Waals surface area contributed by atoms with Crippen LogP contribution < -0.4 is 4.74 Å². The summed E-state index contributed by atoms with van der Waals surface area (Å²) >= 11 is 0. The summed E-state index contributed by atoms with van der Waals surface area (Å²) in [5, 5.41) is 91.5. The van der Waals surface area contributed by atoms with E-state index in [1.807, 2.05) is 0 Å². The third kappa shape index (κ3) is 6.72. The maximum atomic E-state index is 12.7. The van der Waals surface area contributed by atoms with E-state index < -0.39 is 85.3 Å². The number of carbonyl (C=O) groups excluding carboxylic acids is 1. The normalized spacial score (nSPS) is 33.8. The lowest BCUT2D eigenvalue weighted by molar-refractivity contribution is -0.354. The molecule has 0 bridgehead atoms. The molecule has 2 fully saturated rings. The summed E-state index contributed by atoms with van der Waals surface area (Å²) in [6.45, 7) is 0.675. The quantitative estimate of drug-likeness (QED) is 0.156. The molecule has 9 N–H and O–H groups in total. The van der Waals surface area contributed by atoms with E-state index in [1.54, 1.807) is 12.1 Å². The SMILES string of the molecule is C[C@@H]1O[C@@H](O[C@@H]2[C@@H](Oc3cc(O)c(C(=O)CCc4ccc(O)cc4)c(O)c3)O[C@@H](CO)[C@H](O)[C@H]2O)[C@H](O)[C@H](O)[C@H]1O. The first kappa shape index (κ1) is 30.9. The zero-order valence-corrected chi connectivity index (χ0v) is 21.9. The lowest BCUT2D eigenvalue weighted by Gasteiger charge is -2.45. The van der Waals surface area contributed by atoms with E-state index in [0.29, 0.717) is 0 Å². The molecule has 2 aliphatic rings. The fourth-order valence-electron chi connectivity index (χ4n) is 4.70. The lowest BCUT2D eigenvalue weighted by Crippen LogP contribution is -2.64. The van der Waals surface area contributed by atoms with Gasteiger partial charge in [-0.3, -0.25) is 4.79 Å². The second-order valence-electron chi connectivity index (χ2n) is 10.0. The molecule has 226 valence electrons. The van der Waals surface area contributed by atoms with Gasteiger partial charge >= 0.3 is 0 Å². The van der Waals surface area contributed by atoms with Crippen molar-refractivity contribution in [2.24, 2.45) is 0 Å². The van der Waals surface area contributed by atoms with Crippen molar-refractivity contribution in [3.05, 3.63) is 47.5 Å². The number of Topliss-reactive ketones (excluding diaryl/α,β-unsaturated/α-hetero) is 1. The molecule has 14 nitrogen and oxygen atoms in total. The minimum absolute atomic E-state index is 0.0706. The monoisotopic (exact) mass is 582 g/mol. The summed E-state index contributed by atoms with van der Waals surface area (Å²) in [7, 11) is 0. The Morgan fingerprint density at radius 1 is 0.829 bits per heavy atom. The van der Waals surface area contributed by atoms with E-state index >= 15 is 0 Å². The van der Waals surface area contributed by atoms with Crippen LogP contribution in [0, 0.1) is 0 Å². The second kappa shape index (κ2) is 12.9. The average Bonchev–Trinajstić information content (AvgIpc) is 2.93. The fraction of sp³-hybridized carbons (Fsp3) is 0.519. The molecule has 0 radical (unpaired) electrons. The summed E-state index contributed by atoms with van der Waals surface area (Å²) in [6, 6.07) is 8.22. The Bertz CT molecular complexity index is 1170. The number of carbonyl (C=O) groups is 1. The Labute approximate surface area is 234 Å². The molecule has 0 aliphatic carbocycles. The summed E-state index contributed by atoms with van der Waals surface area (Å²) in [4.78, 5) is 12.7. The van der Waals surface area contributed by atoms with Crippen LogP contribution in [-0.4, -0.2) is 120 Å². The molecule has 2 aliphatic heterocycles. The van der Waals surface area contributed by atoms with Gasteiger partial charge in [0.05, 0.1) is 12.7 Å². The largest absolute Gasteiger partial charge is 0.508 e. The molecule has 41 heavy (non-hydrogen) atoms. The van der Waals surface area contributed by atoms with Gasteiger partial charge in [0, 0.05) is 18.6 Å². The Morgan fingerprint density at radius 3 is 2.07 bits per heavy atom. The van der Waals surface area contributed by atoms with Crippen molar-refractivity contribution in [2.45, 2.75) is 81.2 Å². The predicted octanol–water partition coefficient (Wildman–Crippen LogP) is -1.35. The van der Waals surface area contributed by atoms with Gasteiger partial charge in [-0.1, -0.05) is 12.1 Å². The van der Waals surface area contributed by atoms with Crippen molar-refractivity contribution >= 4 is 5.78 Å². The van der Waals surface area contributed by atoms with Gasteiger partial charge in [0.15, 0.2) is 18.2 Å². The van der Waals surface area contributed by atoms with Gasteiger partial charge in [0.25, 0.3) is 0 Å². The number of aliphatic hydroxyl groups excluding tert-OH is 6. The summed E-state index contributed by atoms with van der Waals surface area (Å²) in [5.41, 5.74) is 0.385. The fourth-order valence-corrected chi connectivity index (χ4v) is 4.70. The maximum absolute atomic E-state index is 12.7. The van der Waals surface area contributed by atoms with Crippen LogP contribution in [0.4, 0.5) is 0 Å². The highest BCUT2D eigenvalue weighted by Gasteiger charge is 2.51. The Morgan fingerprint density at radius 2 is 1.46 bits per heavy atom. The van der Waals surface area contributed by atoms with Crippen LogP contribution in [0.25, 0.3) is 0 Å². The van der Waals surface area contributed by atoms with Crippen molar-refractivity contribution in [2.75, 3.05) is 6.61 Å². The lowest BCUT2D eigenvalue weighted by atomic mass is 9.97. The molecule has 2 aromatic rings. The standard InChI is InChI=1S/C27H34O14/c1-11-20(33)22(35)24(37)26(38-11)41-25-23(36)21(34)18(10-28)40-27(25)39-14-8-16(31)19(17(32)9-14)15(30)7-4-12-2-5-13(29)6-3-12/h2-3,5-6,8-9,11,18,20-29,31-37H,4,7,10H2,1H3/t11-,18-,20-,21-,22+,23+,24+,25-,26-,27-/m0/s1. The van der Waals surface area contributed by atoms with Crippen LogP contribution in [0.1, 0.15) is 29.3 Å². The summed E-state index contributed by atoms with van der Waals surface area (Å²) in [6.07, 6.45) is -15.3. The maximum Gasteiger partial charge on any atom is 0.229 e. The number of ketones is 1. The topological polar surface area (TPSA) is 236 Å². The van der Waals surface area contributed by atoms with E-state index in [-0.39, 0.29) is 29.9 Å². The Hall–Kier alpha value is -3.05. The van der Waals surface area contributed by atoms with Gasteiger partial charge in [-0.15, -0.1) is 0 Å². The number of ether oxygens (including phenoxy) is 4. The van der Waals surface area contributed by atoms with Gasteiger partial charge in [-0.05, 0) is 31.0 Å². The summed E-state index contributed by atoms with van der Waals surface area (Å²) in [5.74, 6) is -2.00. The first-order valence-electron chi connectivity index (χ1n) is 12.9. The molecule has 0 amide bonds. The number of benzene rings is 2. The highest BCUT2D eigenvalue weighted by Crippen LogP contribution is 2.36. The van der Waals surface area contributed by atoms with Crippen LogP contribution >= 0.6 is 0 Å². The van der Waals surface area contributed by atoms with E-state index in [4.69, 9.17) is 18.9 Å². The number of rotatable bonds is 9. The van der Waals surface area contributed by atoms with Crippen LogP contribution in [0.15, 0.2) is 36.4 Å². The summed E-state index contributed by atoms with van der Waals surface area (Å²) < 4.78 is 22.2. The van der Waals surface area contributed by atoms with Gasteiger partial charge in [-0.2, -0.15) is 0 Å². The van der Waals surface area contributed by atoms with Crippen LogP contribution in [0.5, 0.6) is 23.0 Å². The first-order valence-corrected chi connectivity index (χ1v) is 12.9. The van der Waals surface area contributed by atoms with E-state index in [1.165, 1.54) is 19.1 Å². The predicted molar refractivity (Wildman–Crippen MR) is 136 cm³/mol. The molecule has 14 heteroatoms. The number of phenolic OH excluding ortho intramolecular Hbond substituents is 3. The molecular formula is C27H34O14. The van der Waals surface area contributed by atoms with Crippen molar-refractivity contribution in [1.29, 1.82) is 0 Å². The van der Waals surface area contributed by atoms with Crippen molar-refractivity contribution in [3.63, 3.8) is 0 Å². The van der Waals surface area contributed by atoms with Crippen LogP contribution in [0.3, 0.4) is 0 Å². The number of hydrogen-bond donors (Lipinski definition) is 9. The smallest absolute Gasteiger partial charge is 0.229 e. The average molecular weight is 583 g/mol. The second-order valence-corrected chi connectivity index (χ2v) is 10.0. The van der Waals surface area contributed by atoms with Gasteiger partial charge in [-0.25, -0.2) is 0 Å². The highest BCUT2D eigenvalue weighted by molar-refractivity contribution is 6.01. The van der Waals surface area contributed by atoms with E-state index in [2.05, 4.69) is 0 Å². The third-order valence-electron chi connectivity index (χ3n) is 7.10. The van der Waals surface area contributed by atoms with Gasteiger partial charge in [0.2, 0.25) is 6.29 Å². The number of aryl methyl sites for hydroxylation is 1. The number of aliphatic hydroxyl groups is 6. The van der Waals surface area contributed by atoms with E-state index in [0.717, 1.165) is 17.7 Å². The zero-order chi connectivity index (χ0) is 30.0. The third-order valence-corrected chi connectivity index (χ3v) is 7.10. The Kier molecular flexibility index (Phi) is 9.69. The Balaban J connectivity index is 1.52. The van der Waals surface area contributed by atoms with Crippen LogP contribution in [0.2, 0.25) is 0 Å². The molecule has 2 saturated heterocycles. The first-order chi connectivity index (χ1) is 19.4. The van der Waals surface area contributed by atoms with Crippen LogP contribution in [-0.2, 0) is 20.6 Å². The minimum Gasteiger partial charge on any atom is -0.508 e. The van der Waals surface area contributed by atoms with Crippen molar-refractivity contribution in [1.82, 2.24) is 0 Å². The van der Waals surface area contributed by atoms with Gasteiger partial charge < -0.3 is 64.9 Å². The molecule has 0 unspecified atom stereocenters. The molecule has 2 aromatic carbocycles. The zero-order valence-electron chi connectivity index (χ0n) is 21.9. The number of aromatic hydroxyl groups is 3. The molecule has 0 aromatic heterocycles. The molecule has 4 rings (SSSR count). The molecule has 10 atom stereocenters. The number of hydrogen-bond acceptors (Lipinski definition) is 14. The van der Waals surface area contributed by atoms with E-state index in [9.17, 15) is 50.8 Å². The highest BCUT2D eigenvalue weighted by atomic mass is 16.8. The minimum atomic E-state index is -1.77. The number of phenols is 3. The van der Waals surface area contributed by atoms with Crippen molar-refractivity contribution < 1.29 is 69.7 Å². The molecule has 2 heterocycles. The van der Waals surface area contributed by atoms with Crippen molar-refractivity contribution in [3.8, 4) is 23.0 Å². The van der Waals surface area contributed by atoms with Gasteiger partial charge in [0.1, 0.15) is 65.2 Å². The molecule has 0 saturated carbocycles. The molecular weight excluding hydrogens is 548 g/mol. The molecule has 0 spiro atoms.